The minimum Gasteiger partial charge on any atom is -0.349 e. The van der Waals surface area contributed by atoms with Crippen LogP contribution in [0.1, 0.15) is 225 Å². The van der Waals surface area contributed by atoms with Gasteiger partial charge in [0.05, 0.1) is 0 Å². The number of hydrogen-bond donors (Lipinski definition) is 3. The van der Waals surface area contributed by atoms with Gasteiger partial charge >= 0.3 is 63.2 Å². The van der Waals surface area contributed by atoms with Crippen molar-refractivity contribution in [3.05, 3.63) is 163 Å². The van der Waals surface area contributed by atoms with Crippen molar-refractivity contribution in [3.63, 3.8) is 0 Å². The van der Waals surface area contributed by atoms with Gasteiger partial charge in [0.1, 0.15) is 0 Å². The fraction of sp³-hybridized carbons (Fsp3) is 0.577. The van der Waals surface area contributed by atoms with E-state index in [4.69, 9.17) is 15.4 Å². The molecule has 0 fully saturated rings. The van der Waals surface area contributed by atoms with Gasteiger partial charge in [-0.15, -0.1) is 105 Å². The molecule has 0 saturated heterocycles. The van der Waals surface area contributed by atoms with E-state index < -0.39 is 46.3 Å². The van der Waals surface area contributed by atoms with Crippen LogP contribution in [0.3, 0.4) is 0 Å². The number of primary sulfonamides is 3. The first-order valence-electron chi connectivity index (χ1n) is 32.8. The first kappa shape index (κ1) is 118. The first-order chi connectivity index (χ1) is 42.1. The second-order valence-electron chi connectivity index (χ2n) is 28.5. The Morgan fingerprint density at radius 1 is 0.364 bits per heavy atom. The molecule has 0 spiro atoms. The van der Waals surface area contributed by atoms with Gasteiger partial charge in [0.15, 0.2) is 0 Å². The summed E-state index contributed by atoms with van der Waals surface area (Å²) in [5, 5.41) is 18.8. The number of hydrogen-bond acceptors (Lipinski definition) is 9. The average molecular weight is 2160 g/mol. The number of nitrogens with zero attached hydrogens (tertiary/aromatic N) is 3. The summed E-state index contributed by atoms with van der Waals surface area (Å²) in [6.45, 7) is 67.8. The summed E-state index contributed by atoms with van der Waals surface area (Å²) >= 11 is 0. The van der Waals surface area contributed by atoms with E-state index >= 15 is 0 Å². The fourth-order valence-electron chi connectivity index (χ4n) is 10.2. The maximum atomic E-state index is 11.4. The topological polar surface area (TPSA) is 219 Å². The Bertz CT molecular complexity index is 3150. The number of aryl methyl sites for hydroxylation is 3. The van der Waals surface area contributed by atoms with Crippen LogP contribution in [0.2, 0.25) is 0 Å². The third kappa shape index (κ3) is 40.9. The molecular formula is C78H129N6O6S3W3Y3-3. The van der Waals surface area contributed by atoms with E-state index in [0.29, 0.717) is 0 Å². The molecule has 6 aromatic rings. The number of aromatic nitrogens is 3. The van der Waals surface area contributed by atoms with E-state index in [1.807, 2.05) is 236 Å². The SMILES string of the molecule is CC.CC.CC.C[CH-]C(C)(C)C(C)(C)[C-](C)C(C)(C)CS(N)(=O)=O.C[CH-]C(C)(C)C(C)(C)[C-](C)C(C)(C)CS(N)(=O)=O.C[CH-]C(C)(C)C(C)(C)[C-](C)C(C)(C)CS(N)(=O)=O.Cc1c[c-]c2ccccc2n1.Cc1c[c-]c2ccccc2n1.Cc1c[c-]c2ccccc2n1.[W+2].[W+2].[W+2].[Y].[Y].[Y]. The molecule has 0 bridgehead atoms. The molecule has 0 saturated carbocycles. The molecule has 3 radical (unpaired) electrons. The van der Waals surface area contributed by atoms with Gasteiger partial charge in [-0.3, -0.25) is 0 Å². The summed E-state index contributed by atoms with van der Waals surface area (Å²) in [6.07, 6.45) is 6.51. The normalized spacial score (nSPS) is 11.9. The van der Waals surface area contributed by atoms with E-state index in [0.717, 1.165) is 67.5 Å². The Labute approximate surface area is 728 Å². The van der Waals surface area contributed by atoms with E-state index in [1.54, 1.807) is 0 Å². The second kappa shape index (κ2) is 51.4. The van der Waals surface area contributed by atoms with Crippen LogP contribution in [0.25, 0.3) is 32.7 Å². The monoisotopic (exact) mass is 2160 g/mol. The number of para-hydroxylation sites is 3. The van der Waals surface area contributed by atoms with Gasteiger partial charge in [-0.05, 0) is 33.6 Å². The van der Waals surface area contributed by atoms with Gasteiger partial charge in [-0.1, -0.05) is 223 Å². The van der Waals surface area contributed by atoms with Gasteiger partial charge in [-0.25, -0.2) is 40.7 Å². The van der Waals surface area contributed by atoms with E-state index in [-0.39, 0.29) is 211 Å². The number of sulfonamides is 3. The molecule has 0 amide bonds. The van der Waals surface area contributed by atoms with Crippen LogP contribution in [-0.4, -0.2) is 57.5 Å². The summed E-state index contributed by atoms with van der Waals surface area (Å²) in [7, 11) is -10.4. The molecule has 555 valence electrons. The average Bonchev–Trinajstić information content (AvgIpc) is 0.786. The zero-order valence-electron chi connectivity index (χ0n) is 67.2. The minimum absolute atomic E-state index is 0. The molecule has 6 rings (SSSR count). The van der Waals surface area contributed by atoms with Crippen LogP contribution < -0.4 is 15.4 Å². The van der Waals surface area contributed by atoms with Crippen molar-refractivity contribution in [2.45, 2.75) is 228 Å². The quantitative estimate of drug-likeness (QED) is 0.0696. The second-order valence-corrected chi connectivity index (χ2v) is 33.4. The Balaban J connectivity index is -0.000000138. The van der Waals surface area contributed by atoms with E-state index in [2.05, 4.69) is 135 Å². The smallest absolute Gasteiger partial charge is 0.349 e. The van der Waals surface area contributed by atoms with Crippen LogP contribution in [0, 0.1) is 125 Å². The van der Waals surface area contributed by atoms with Crippen molar-refractivity contribution >= 4 is 62.8 Å². The third-order valence-corrected chi connectivity index (χ3v) is 22.8. The summed E-state index contributed by atoms with van der Waals surface area (Å²) in [5.41, 5.74) is 4.49. The van der Waals surface area contributed by atoms with E-state index in [9.17, 15) is 25.3 Å². The summed E-state index contributed by atoms with van der Waals surface area (Å²) in [6, 6.07) is 39.2. The Morgan fingerprint density at radius 2 is 0.525 bits per heavy atom. The van der Waals surface area contributed by atoms with Crippen LogP contribution in [-0.2, 0) is 191 Å². The van der Waals surface area contributed by atoms with Crippen molar-refractivity contribution < 1.29 is 187 Å². The predicted molar refractivity (Wildman–Crippen MR) is 405 cm³/mol. The number of fused-ring (bicyclic) bond motifs is 3. The fourth-order valence-corrected chi connectivity index (χ4v) is 13.9. The molecule has 0 aliphatic rings. The standard InChI is InChI=1S/3C14H29NO2S.3C10H8N.3C2H6.3W.3Y/c3*1-9-13(5,6)14(7,8)11(2)12(3,4)10-18(15,16)17;3*1-8-6-7-9-4-2-3-5-10(9)11-8;3*1-2;;;;;;/h3*9H,10H2,1-8H3,(H2,15,16,17);3*2-6H,1H3;3*1-2H3;;;;;;/q3*-2;3*-1;;;;3*+2;;;. The van der Waals surface area contributed by atoms with Crippen molar-refractivity contribution in [1.29, 1.82) is 0 Å². The maximum absolute atomic E-state index is 11.4. The maximum Gasteiger partial charge on any atom is 2.00 e. The van der Waals surface area contributed by atoms with E-state index in [1.165, 1.54) is 0 Å². The number of pyridine rings is 3. The van der Waals surface area contributed by atoms with Crippen molar-refractivity contribution in [1.82, 2.24) is 15.0 Å². The van der Waals surface area contributed by atoms with Gasteiger partial charge in [-0.2, -0.15) is 74.0 Å². The molecule has 0 aliphatic carbocycles. The van der Waals surface area contributed by atoms with Crippen molar-refractivity contribution in [2.75, 3.05) is 17.3 Å². The number of rotatable bonds is 18. The molecule has 3 aromatic carbocycles. The summed E-state index contributed by atoms with van der Waals surface area (Å²) in [4.78, 5) is 13.0. The zero-order chi connectivity index (χ0) is 74.0. The Kier molecular flexibility index (Phi) is 61.5. The van der Waals surface area contributed by atoms with Crippen molar-refractivity contribution in [2.24, 2.45) is 64.2 Å². The molecule has 99 heavy (non-hydrogen) atoms. The molecule has 12 nitrogen and oxygen atoms in total. The van der Waals surface area contributed by atoms with Gasteiger partial charge in [0.2, 0.25) is 30.1 Å². The first-order valence-corrected chi connectivity index (χ1v) is 37.9. The van der Waals surface area contributed by atoms with Crippen molar-refractivity contribution in [3.8, 4) is 0 Å². The largest absolute Gasteiger partial charge is 2.00 e. The molecule has 0 unspecified atom stereocenters. The molecule has 0 aliphatic heterocycles. The van der Waals surface area contributed by atoms with Gasteiger partial charge < -0.3 is 52.0 Å². The van der Waals surface area contributed by atoms with Crippen LogP contribution in [0.15, 0.2) is 91.0 Å². The van der Waals surface area contributed by atoms with Crippen LogP contribution in [0.4, 0.5) is 0 Å². The molecule has 3 aromatic heterocycles. The number of benzene rings is 3. The van der Waals surface area contributed by atoms with Crippen LogP contribution >= 0.6 is 0 Å². The molecule has 21 heteroatoms. The summed E-state index contributed by atoms with van der Waals surface area (Å²) < 4.78 is 68.1. The predicted octanol–water partition coefficient (Wildman–Crippen LogP) is 19.6. The number of nitrogens with two attached hydrogens (primary N) is 3. The molecular weight excluding hydrogens is 2030 g/mol. The van der Waals surface area contributed by atoms with Crippen LogP contribution in [0.5, 0.6) is 0 Å². The Hall–Kier alpha value is 0.997. The zero-order valence-corrected chi connectivity index (χ0v) is 87.0. The molecule has 3 heterocycles. The minimum atomic E-state index is -3.47. The molecule has 0 atom stereocenters. The Morgan fingerprint density at radius 3 is 0.677 bits per heavy atom. The summed E-state index contributed by atoms with van der Waals surface area (Å²) in [5.74, 6) is 3.42. The third-order valence-electron chi connectivity index (χ3n) is 19.5. The molecule has 6 N–H and O–H groups in total. The van der Waals surface area contributed by atoms with Gasteiger partial charge in [0, 0.05) is 115 Å². The van der Waals surface area contributed by atoms with Gasteiger partial charge in [0.25, 0.3) is 0 Å².